The lowest BCUT2D eigenvalue weighted by Crippen LogP contribution is -2.37. The first-order chi connectivity index (χ1) is 17.9. The number of likely N-dealkylation sites (tertiary alicyclic amines) is 1. The first-order valence-corrected chi connectivity index (χ1v) is 14.1. The number of amides is 1. The van der Waals surface area contributed by atoms with Gasteiger partial charge in [-0.3, -0.25) is 13.9 Å². The Morgan fingerprint density at radius 2 is 2.03 bits per heavy atom. The van der Waals surface area contributed by atoms with E-state index < -0.39 is 11.1 Å². The van der Waals surface area contributed by atoms with Gasteiger partial charge in [0.1, 0.15) is 0 Å². The fourth-order valence-corrected chi connectivity index (χ4v) is 6.46. The first-order valence-electron chi connectivity index (χ1n) is 12.1. The fraction of sp³-hybridized carbons (Fsp3) is 0.522. The molecule has 3 aromatic heterocycles. The van der Waals surface area contributed by atoms with E-state index in [1.165, 1.54) is 0 Å². The highest BCUT2D eigenvalue weighted by atomic mass is 32.2. The number of ether oxygens (including phenoxy) is 1. The molecule has 3 aromatic rings. The van der Waals surface area contributed by atoms with Crippen LogP contribution in [0.2, 0.25) is 0 Å². The van der Waals surface area contributed by atoms with Crippen LogP contribution in [0.5, 0.6) is 0 Å². The van der Waals surface area contributed by atoms with Gasteiger partial charge in [0, 0.05) is 49.7 Å². The summed E-state index contributed by atoms with van der Waals surface area (Å²) in [4.78, 5) is 37.7. The minimum Gasteiger partial charge on any atom is -0.772 e. The van der Waals surface area contributed by atoms with E-state index in [2.05, 4.69) is 14.9 Å². The number of nitrogens with zero attached hydrogens (tertiary/aromatic N) is 7. The number of carbonyl (C=O) groups is 1. The molecule has 12 nitrogen and oxygen atoms in total. The molecule has 37 heavy (non-hydrogen) atoms. The molecular weight excluding hydrogens is 516 g/mol. The largest absolute Gasteiger partial charge is 0.772 e. The number of fused-ring (bicyclic) bond motifs is 1. The maximum absolute atomic E-state index is 12.9. The summed E-state index contributed by atoms with van der Waals surface area (Å²) in [6.45, 7) is 4.81. The average molecular weight is 546 g/mol. The molecule has 2 atom stereocenters. The van der Waals surface area contributed by atoms with Gasteiger partial charge in [0.2, 0.25) is 11.9 Å². The molecule has 0 bridgehead atoms. The van der Waals surface area contributed by atoms with E-state index in [0.29, 0.717) is 37.7 Å². The van der Waals surface area contributed by atoms with E-state index in [0.717, 1.165) is 47.0 Å². The molecule has 2 aliphatic heterocycles. The van der Waals surface area contributed by atoms with Crippen LogP contribution in [0.1, 0.15) is 11.3 Å². The smallest absolute Gasteiger partial charge is 0.236 e. The van der Waals surface area contributed by atoms with Gasteiger partial charge in [0.25, 0.3) is 0 Å². The maximum atomic E-state index is 12.9. The summed E-state index contributed by atoms with van der Waals surface area (Å²) in [6.07, 6.45) is 4.03. The summed E-state index contributed by atoms with van der Waals surface area (Å²) in [5.41, 5.74) is 7.13. The molecule has 2 aliphatic rings. The second-order valence-corrected chi connectivity index (χ2v) is 11.4. The van der Waals surface area contributed by atoms with Crippen LogP contribution < -0.4 is 10.6 Å². The van der Waals surface area contributed by atoms with Crippen LogP contribution in [-0.2, 0) is 27.2 Å². The van der Waals surface area contributed by atoms with E-state index >= 15 is 0 Å². The molecule has 198 valence electrons. The number of rotatable bonds is 8. The second kappa shape index (κ2) is 11.3. The molecule has 2 unspecified atom stereocenters. The van der Waals surface area contributed by atoms with E-state index in [-0.39, 0.29) is 30.1 Å². The van der Waals surface area contributed by atoms with Crippen molar-refractivity contribution in [3.8, 4) is 11.4 Å². The molecule has 2 fully saturated rings. The third-order valence-corrected chi connectivity index (χ3v) is 8.41. The minimum absolute atomic E-state index is 0.000510. The lowest BCUT2D eigenvalue weighted by molar-refractivity contribution is -0.131. The molecule has 0 saturated carbocycles. The molecule has 2 N–H and O–H groups in total. The number of anilines is 2. The summed E-state index contributed by atoms with van der Waals surface area (Å²) < 4.78 is 28.5. The summed E-state index contributed by atoms with van der Waals surface area (Å²) in [6, 6.07) is 2.01. The van der Waals surface area contributed by atoms with Crippen molar-refractivity contribution < 1.29 is 18.3 Å². The third kappa shape index (κ3) is 6.21. The van der Waals surface area contributed by atoms with Crippen LogP contribution in [0, 0.1) is 5.92 Å². The van der Waals surface area contributed by atoms with Crippen molar-refractivity contribution in [3.05, 3.63) is 23.3 Å². The van der Waals surface area contributed by atoms with Gasteiger partial charge < -0.3 is 24.8 Å². The van der Waals surface area contributed by atoms with Crippen molar-refractivity contribution in [2.45, 2.75) is 13.0 Å². The molecule has 2 saturated heterocycles. The standard InChI is InChI=1S/C23H30N8O4S2/c1-29(19(32)13-30-3-2-15(11-30)14-37(33)34)12-17-8-18-20(36-17)22(31-4-6-35-7-5-31)28-21(27-18)16-9-25-23(24)26-10-16/h8-10,15H,2-7,11-14H2,1H3,(H,33,34)(H2,24,25,26)/p-1. The van der Waals surface area contributed by atoms with Crippen molar-refractivity contribution >= 4 is 50.3 Å². The van der Waals surface area contributed by atoms with Crippen molar-refractivity contribution in [1.29, 1.82) is 0 Å². The van der Waals surface area contributed by atoms with Gasteiger partial charge in [0.15, 0.2) is 11.6 Å². The minimum atomic E-state index is -2.05. The summed E-state index contributed by atoms with van der Waals surface area (Å²) in [5, 5.41) is 0. The van der Waals surface area contributed by atoms with Crippen LogP contribution in [-0.4, -0.2) is 103 Å². The second-order valence-electron chi connectivity index (χ2n) is 9.34. The Hall–Kier alpha value is -2.78. The van der Waals surface area contributed by atoms with Gasteiger partial charge in [-0.2, -0.15) is 0 Å². The van der Waals surface area contributed by atoms with E-state index in [1.54, 1.807) is 35.7 Å². The van der Waals surface area contributed by atoms with E-state index in [9.17, 15) is 13.6 Å². The average Bonchev–Trinajstić information content (AvgIpc) is 3.49. The first kappa shape index (κ1) is 25.9. The number of nitrogens with two attached hydrogens (primary N) is 1. The summed E-state index contributed by atoms with van der Waals surface area (Å²) in [7, 11) is 1.79. The highest BCUT2D eigenvalue weighted by Crippen LogP contribution is 2.35. The number of hydrogen-bond donors (Lipinski definition) is 1. The molecular formula is C23H29N8O4S2-. The Morgan fingerprint density at radius 3 is 2.76 bits per heavy atom. The van der Waals surface area contributed by atoms with E-state index in [4.69, 9.17) is 20.4 Å². The zero-order valence-corrected chi connectivity index (χ0v) is 22.2. The highest BCUT2D eigenvalue weighted by Gasteiger charge is 2.26. The van der Waals surface area contributed by atoms with Gasteiger partial charge in [-0.1, -0.05) is 11.1 Å². The highest BCUT2D eigenvalue weighted by molar-refractivity contribution is 7.79. The number of carbonyl (C=O) groups excluding carboxylic acids is 1. The number of nitrogen functional groups attached to an aromatic ring is 1. The fourth-order valence-electron chi connectivity index (χ4n) is 4.63. The Bertz CT molecular complexity index is 1280. The molecule has 1 amide bonds. The van der Waals surface area contributed by atoms with Crippen molar-refractivity contribution in [3.63, 3.8) is 0 Å². The van der Waals surface area contributed by atoms with Crippen LogP contribution in [0.15, 0.2) is 18.5 Å². The predicted octanol–water partition coefficient (Wildman–Crippen LogP) is 0.727. The Balaban J connectivity index is 1.34. The number of hydrogen-bond acceptors (Lipinski definition) is 12. The van der Waals surface area contributed by atoms with Crippen molar-refractivity contribution in [2.75, 3.05) is 69.4 Å². The Kier molecular flexibility index (Phi) is 7.90. The molecule has 5 heterocycles. The van der Waals surface area contributed by atoms with Gasteiger partial charge in [-0.25, -0.2) is 19.9 Å². The Labute approximate surface area is 221 Å². The summed E-state index contributed by atoms with van der Waals surface area (Å²) >= 11 is -0.465. The molecule has 0 spiro atoms. The van der Waals surface area contributed by atoms with Crippen molar-refractivity contribution in [1.82, 2.24) is 29.7 Å². The van der Waals surface area contributed by atoms with Crippen LogP contribution in [0.3, 0.4) is 0 Å². The maximum Gasteiger partial charge on any atom is 0.236 e. The van der Waals surface area contributed by atoms with Crippen LogP contribution in [0.4, 0.5) is 11.8 Å². The number of likely N-dealkylation sites (N-methyl/N-ethyl adjacent to an activating group) is 1. The molecule has 5 rings (SSSR count). The number of aromatic nitrogens is 4. The van der Waals surface area contributed by atoms with Gasteiger partial charge in [-0.05, 0) is 24.9 Å². The zero-order valence-electron chi connectivity index (χ0n) is 20.5. The van der Waals surface area contributed by atoms with Crippen LogP contribution >= 0.6 is 11.3 Å². The zero-order chi connectivity index (χ0) is 25.9. The third-order valence-electron chi connectivity index (χ3n) is 6.56. The Morgan fingerprint density at radius 1 is 1.27 bits per heavy atom. The van der Waals surface area contributed by atoms with Gasteiger partial charge in [0.05, 0.1) is 42.1 Å². The normalized spacial score (nSPS) is 19.4. The molecule has 14 heteroatoms. The SMILES string of the molecule is CN(Cc1cc2nc(-c3cnc(N)nc3)nc(N3CCOCC3)c2s1)C(=O)CN1CCC(CS(=O)[O-])C1. The van der Waals surface area contributed by atoms with Gasteiger partial charge in [-0.15, -0.1) is 11.3 Å². The van der Waals surface area contributed by atoms with Crippen molar-refractivity contribution in [2.24, 2.45) is 5.92 Å². The lowest BCUT2D eigenvalue weighted by atomic mass is 10.2. The monoisotopic (exact) mass is 545 g/mol. The van der Waals surface area contributed by atoms with Crippen LogP contribution in [0.25, 0.3) is 21.6 Å². The summed E-state index contributed by atoms with van der Waals surface area (Å²) in [5.74, 6) is 1.79. The predicted molar refractivity (Wildman–Crippen MR) is 141 cm³/mol. The number of thiophene rings is 1. The molecule has 0 aliphatic carbocycles. The molecule has 0 aromatic carbocycles. The molecule has 0 radical (unpaired) electrons. The lowest BCUT2D eigenvalue weighted by Gasteiger charge is -2.28. The van der Waals surface area contributed by atoms with E-state index in [1.807, 2.05) is 11.0 Å². The van der Waals surface area contributed by atoms with Gasteiger partial charge >= 0.3 is 0 Å². The quantitative estimate of drug-likeness (QED) is 0.398. The topological polar surface area (TPSA) is 154 Å². The number of morpholine rings is 1.